The lowest BCUT2D eigenvalue weighted by molar-refractivity contribution is -0.121. The van der Waals surface area contributed by atoms with Gasteiger partial charge in [-0.3, -0.25) is 4.79 Å². The zero-order chi connectivity index (χ0) is 32.9. The van der Waals surface area contributed by atoms with E-state index in [-0.39, 0.29) is 18.0 Å². The number of piperidine rings is 2. The third-order valence-electron chi connectivity index (χ3n) is 6.59. The maximum Gasteiger partial charge on any atom is 0.410 e. The number of benzene rings is 2. The first-order valence-corrected chi connectivity index (χ1v) is 16.0. The van der Waals surface area contributed by atoms with Crippen molar-refractivity contribution in [2.75, 3.05) is 26.2 Å². The van der Waals surface area contributed by atoms with Gasteiger partial charge in [-0.25, -0.2) is 9.59 Å². The van der Waals surface area contributed by atoms with E-state index in [1.54, 1.807) is 9.80 Å². The number of carbonyl (C=O) groups is 3. The van der Waals surface area contributed by atoms with Gasteiger partial charge in [0.25, 0.3) is 0 Å². The Balaban J connectivity index is 0.000000252. The van der Waals surface area contributed by atoms with Crippen LogP contribution in [0.2, 0.25) is 10.0 Å². The molecule has 0 aliphatic carbocycles. The molecule has 0 radical (unpaired) electrons. The van der Waals surface area contributed by atoms with Crippen molar-refractivity contribution in [3.05, 3.63) is 75.3 Å². The Labute approximate surface area is 273 Å². The van der Waals surface area contributed by atoms with Crippen molar-refractivity contribution in [2.45, 2.75) is 91.8 Å². The summed E-state index contributed by atoms with van der Waals surface area (Å²) in [6, 6.07) is 15.7. The second-order valence-electron chi connectivity index (χ2n) is 12.8. The summed E-state index contributed by atoms with van der Waals surface area (Å²) in [4.78, 5) is 37.8. The van der Waals surface area contributed by atoms with Crippen LogP contribution in [0.3, 0.4) is 0 Å². The molecule has 2 aliphatic heterocycles. The van der Waals surface area contributed by atoms with Crippen LogP contribution in [0.25, 0.3) is 6.08 Å². The van der Waals surface area contributed by atoms with Crippen LogP contribution in [0.4, 0.5) is 9.59 Å². The molecule has 2 aromatic rings. The average molecular weight is 648 g/mol. The highest BCUT2D eigenvalue weighted by Crippen LogP contribution is 2.22. The molecule has 4 rings (SSSR count). The Kier molecular flexibility index (Phi) is 14.7. The van der Waals surface area contributed by atoms with E-state index in [0.717, 1.165) is 34.9 Å². The third kappa shape index (κ3) is 15.1. The van der Waals surface area contributed by atoms with E-state index >= 15 is 0 Å². The number of amides is 2. The smallest absolute Gasteiger partial charge is 0.410 e. The quantitative estimate of drug-likeness (QED) is 0.325. The fourth-order valence-electron chi connectivity index (χ4n) is 4.23. The molecule has 0 spiro atoms. The molecule has 9 heteroatoms. The summed E-state index contributed by atoms with van der Waals surface area (Å²) in [5, 5.41) is 1.56. The maximum atomic E-state index is 12.0. The first-order chi connectivity index (χ1) is 20.5. The molecule has 2 saturated heterocycles. The van der Waals surface area contributed by atoms with E-state index in [1.165, 1.54) is 11.1 Å². The van der Waals surface area contributed by atoms with Gasteiger partial charge < -0.3 is 19.3 Å². The summed E-state index contributed by atoms with van der Waals surface area (Å²) < 4.78 is 10.6. The number of halogens is 2. The van der Waals surface area contributed by atoms with Gasteiger partial charge in [-0.1, -0.05) is 66.0 Å². The number of carbonyl (C=O) groups excluding carboxylic acids is 3. The first kappa shape index (κ1) is 37.2. The van der Waals surface area contributed by atoms with E-state index in [4.69, 9.17) is 32.7 Å². The maximum absolute atomic E-state index is 12.0. The van der Waals surface area contributed by atoms with E-state index in [2.05, 4.69) is 13.0 Å². The second-order valence-corrected chi connectivity index (χ2v) is 13.7. The number of hydrogen-bond acceptors (Lipinski definition) is 5. The number of rotatable bonds is 2. The Bertz CT molecular complexity index is 1230. The van der Waals surface area contributed by atoms with Gasteiger partial charge in [-0.2, -0.15) is 0 Å². The minimum absolute atomic E-state index is 0.215. The standard InChI is InChI=1S/C17H22ClNO2.C10H17NO3.C8H9Cl/c1-17(2,3)21-16(20)19-10-8-14(9-11-19)12-13-4-6-15(18)7-5-13;1-10(2,3)14-9(13)11-6-4-8(12)5-7-11;1-2-7-3-5-8(9)6-4-7/h4-7,12H,8-11H2,1-3H3;4-7H2,1-3H3;3-6H,2H2,1H3. The summed E-state index contributed by atoms with van der Waals surface area (Å²) in [6.07, 6.45) is 5.43. The van der Waals surface area contributed by atoms with Crippen molar-refractivity contribution in [1.82, 2.24) is 9.80 Å². The van der Waals surface area contributed by atoms with E-state index in [0.29, 0.717) is 39.0 Å². The van der Waals surface area contributed by atoms with Crippen molar-refractivity contribution < 1.29 is 23.9 Å². The van der Waals surface area contributed by atoms with Crippen molar-refractivity contribution in [2.24, 2.45) is 0 Å². The highest BCUT2D eigenvalue weighted by atomic mass is 35.5. The predicted molar refractivity (Wildman–Crippen MR) is 179 cm³/mol. The van der Waals surface area contributed by atoms with Gasteiger partial charge in [-0.15, -0.1) is 0 Å². The van der Waals surface area contributed by atoms with Gasteiger partial charge in [0.05, 0.1) is 0 Å². The molecule has 0 aromatic heterocycles. The van der Waals surface area contributed by atoms with Gasteiger partial charge in [-0.05, 0) is 96.2 Å². The molecule has 2 heterocycles. The van der Waals surface area contributed by atoms with Crippen molar-refractivity contribution in [3.8, 4) is 0 Å². The molecule has 0 N–H and O–H groups in total. The molecule has 2 aromatic carbocycles. The first-order valence-electron chi connectivity index (χ1n) is 15.2. The molecular weight excluding hydrogens is 599 g/mol. The van der Waals surface area contributed by atoms with E-state index in [9.17, 15) is 14.4 Å². The number of aryl methyl sites for hydroxylation is 1. The lowest BCUT2D eigenvalue weighted by Crippen LogP contribution is -2.41. The summed E-state index contributed by atoms with van der Waals surface area (Å²) in [5.74, 6) is 0.227. The largest absolute Gasteiger partial charge is 0.444 e. The van der Waals surface area contributed by atoms with Crippen LogP contribution in [0.15, 0.2) is 54.1 Å². The molecule has 242 valence electrons. The van der Waals surface area contributed by atoms with E-state index in [1.807, 2.05) is 90.1 Å². The number of ketones is 1. The van der Waals surface area contributed by atoms with E-state index < -0.39 is 11.2 Å². The molecular formula is C35H48Cl2N2O5. The summed E-state index contributed by atoms with van der Waals surface area (Å²) in [6.45, 7) is 15.7. The predicted octanol–water partition coefficient (Wildman–Crippen LogP) is 9.24. The molecule has 0 bridgehead atoms. The molecule has 0 unspecified atom stereocenters. The number of ether oxygens (including phenoxy) is 2. The highest BCUT2D eigenvalue weighted by molar-refractivity contribution is 6.30. The molecule has 2 amide bonds. The van der Waals surface area contributed by atoms with Crippen molar-refractivity contribution in [3.63, 3.8) is 0 Å². The van der Waals surface area contributed by atoms with Gasteiger partial charge in [0.2, 0.25) is 0 Å². The highest BCUT2D eigenvalue weighted by Gasteiger charge is 2.26. The van der Waals surface area contributed by atoms with Crippen LogP contribution >= 0.6 is 23.2 Å². The molecule has 44 heavy (non-hydrogen) atoms. The second kappa shape index (κ2) is 17.5. The lowest BCUT2D eigenvalue weighted by Gasteiger charge is -2.31. The number of hydrogen-bond donors (Lipinski definition) is 0. The van der Waals surface area contributed by atoms with Gasteiger partial charge >= 0.3 is 12.2 Å². The van der Waals surface area contributed by atoms with Crippen LogP contribution in [0, 0.1) is 0 Å². The summed E-state index contributed by atoms with van der Waals surface area (Å²) in [5.41, 5.74) is 2.95. The van der Waals surface area contributed by atoms with Gasteiger partial charge in [0.15, 0.2) is 0 Å². The van der Waals surface area contributed by atoms with Crippen LogP contribution in [0.5, 0.6) is 0 Å². The minimum Gasteiger partial charge on any atom is -0.444 e. The third-order valence-corrected chi connectivity index (χ3v) is 7.10. The molecule has 0 atom stereocenters. The summed E-state index contributed by atoms with van der Waals surface area (Å²) >= 11 is 11.6. The van der Waals surface area contributed by atoms with Gasteiger partial charge in [0, 0.05) is 49.1 Å². The SMILES string of the molecule is CC(C)(C)OC(=O)N1CCC(=Cc2ccc(Cl)cc2)CC1.CC(C)(C)OC(=O)N1CCC(=O)CC1.CCc1ccc(Cl)cc1. The van der Waals surface area contributed by atoms with Crippen LogP contribution in [-0.2, 0) is 20.7 Å². The molecule has 7 nitrogen and oxygen atoms in total. The zero-order valence-corrected chi connectivity index (χ0v) is 28.8. The summed E-state index contributed by atoms with van der Waals surface area (Å²) in [7, 11) is 0. The number of Topliss-reactive ketones (excluding diaryl/α,β-unsaturated/α-hetero) is 1. The Morgan fingerprint density at radius 1 is 0.705 bits per heavy atom. The zero-order valence-electron chi connectivity index (χ0n) is 27.3. The molecule has 2 aliphatic rings. The average Bonchev–Trinajstić information content (AvgIpc) is 2.94. The van der Waals surface area contributed by atoms with Crippen LogP contribution in [0.1, 0.15) is 85.3 Å². The fraction of sp³-hybridized carbons (Fsp3) is 0.514. The lowest BCUT2D eigenvalue weighted by atomic mass is 10.0. The Morgan fingerprint density at radius 3 is 1.48 bits per heavy atom. The van der Waals surface area contributed by atoms with Crippen molar-refractivity contribution >= 4 is 47.2 Å². The number of likely N-dealkylation sites (tertiary alicyclic amines) is 2. The number of nitrogens with zero attached hydrogens (tertiary/aromatic N) is 2. The van der Waals surface area contributed by atoms with Gasteiger partial charge in [0.1, 0.15) is 17.0 Å². The fourth-order valence-corrected chi connectivity index (χ4v) is 4.48. The normalized spacial score (nSPS) is 15.3. The molecule has 0 saturated carbocycles. The minimum atomic E-state index is -0.460. The van der Waals surface area contributed by atoms with Crippen molar-refractivity contribution in [1.29, 1.82) is 0 Å². The topological polar surface area (TPSA) is 76.2 Å². The molecule has 2 fully saturated rings. The monoisotopic (exact) mass is 646 g/mol. The van der Waals surface area contributed by atoms with Crippen LogP contribution in [-0.4, -0.2) is 65.2 Å². The van der Waals surface area contributed by atoms with Crippen LogP contribution < -0.4 is 0 Å². The Morgan fingerprint density at radius 2 is 1.09 bits per heavy atom. The Hall–Kier alpha value is -3.03.